The first-order valence-corrected chi connectivity index (χ1v) is 9.35. The molecular weight excluding hydrogens is 272 g/mol. The Morgan fingerprint density at radius 3 is 2.45 bits per heavy atom. The third-order valence-corrected chi connectivity index (χ3v) is 5.50. The van der Waals surface area contributed by atoms with Crippen LogP contribution in [-0.4, -0.2) is 30.7 Å². The maximum atomic E-state index is 6.05. The largest absolute Gasteiger partial charge is 0.493 e. The van der Waals surface area contributed by atoms with Gasteiger partial charge in [0.2, 0.25) is 0 Å². The first-order valence-electron chi connectivity index (χ1n) is 9.35. The van der Waals surface area contributed by atoms with Gasteiger partial charge in [-0.1, -0.05) is 47.6 Å². The van der Waals surface area contributed by atoms with E-state index < -0.39 is 0 Å². The van der Waals surface area contributed by atoms with Gasteiger partial charge >= 0.3 is 0 Å². The molecule has 0 amide bonds. The fourth-order valence-corrected chi connectivity index (χ4v) is 3.32. The Labute approximate surface area is 138 Å². The molecule has 0 aromatic carbocycles. The second-order valence-electron chi connectivity index (χ2n) is 7.01. The van der Waals surface area contributed by atoms with E-state index in [2.05, 4.69) is 51.6 Å². The van der Waals surface area contributed by atoms with Crippen LogP contribution in [-0.2, 0) is 4.74 Å². The van der Waals surface area contributed by atoms with E-state index in [1.54, 1.807) is 0 Å². The lowest BCUT2D eigenvalue weighted by Gasteiger charge is -2.26. The molecule has 0 saturated carbocycles. The van der Waals surface area contributed by atoms with Gasteiger partial charge in [-0.25, -0.2) is 5.01 Å². The third-order valence-electron chi connectivity index (χ3n) is 5.50. The molecule has 1 fully saturated rings. The van der Waals surface area contributed by atoms with Gasteiger partial charge in [-0.3, -0.25) is 5.43 Å². The molecule has 22 heavy (non-hydrogen) atoms. The Hall–Kier alpha value is -0.540. The summed E-state index contributed by atoms with van der Waals surface area (Å²) in [5.74, 6) is 1.81. The number of rotatable bonds is 11. The van der Waals surface area contributed by atoms with Crippen molar-refractivity contribution >= 4 is 0 Å². The lowest BCUT2D eigenvalue weighted by atomic mass is 9.78. The van der Waals surface area contributed by atoms with Crippen LogP contribution < -0.4 is 5.43 Å². The summed E-state index contributed by atoms with van der Waals surface area (Å²) in [6.07, 6.45) is 7.35. The highest BCUT2D eigenvalue weighted by Gasteiger charge is 2.41. The summed E-state index contributed by atoms with van der Waals surface area (Å²) in [4.78, 5) is 0. The third kappa shape index (κ3) is 5.27. The van der Waals surface area contributed by atoms with Gasteiger partial charge in [0.15, 0.2) is 0 Å². The Morgan fingerprint density at radius 1 is 1.27 bits per heavy atom. The van der Waals surface area contributed by atoms with E-state index in [-0.39, 0.29) is 11.5 Å². The average Bonchev–Trinajstić information content (AvgIpc) is 2.86. The summed E-state index contributed by atoms with van der Waals surface area (Å²) in [7, 11) is 0. The zero-order valence-corrected chi connectivity index (χ0v) is 15.6. The number of hydrazine groups is 1. The SMILES string of the molecule is C=C1O[C@@H](CNN(CCC)CC[C@@H](C)CC)CC1(CC)CC. The minimum absolute atomic E-state index is 0.207. The first kappa shape index (κ1) is 19.5. The number of hydrogen-bond acceptors (Lipinski definition) is 3. The normalized spacial score (nSPS) is 22.1. The zero-order chi connectivity index (χ0) is 16.6. The van der Waals surface area contributed by atoms with E-state index in [1.807, 2.05) is 0 Å². The zero-order valence-electron chi connectivity index (χ0n) is 15.6. The summed E-state index contributed by atoms with van der Waals surface area (Å²) in [5, 5.41) is 2.39. The van der Waals surface area contributed by atoms with Crippen LogP contribution in [0.1, 0.15) is 73.1 Å². The molecule has 1 aliphatic heterocycles. The average molecular weight is 311 g/mol. The highest BCUT2D eigenvalue weighted by molar-refractivity contribution is 5.09. The highest BCUT2D eigenvalue weighted by Crippen LogP contribution is 2.46. The summed E-state index contributed by atoms with van der Waals surface area (Å²) >= 11 is 0. The summed E-state index contributed by atoms with van der Waals surface area (Å²) in [5.41, 5.74) is 3.82. The lowest BCUT2D eigenvalue weighted by molar-refractivity contribution is 0.105. The van der Waals surface area contributed by atoms with Crippen LogP contribution in [0.25, 0.3) is 0 Å². The molecule has 0 aliphatic carbocycles. The highest BCUT2D eigenvalue weighted by atomic mass is 16.5. The van der Waals surface area contributed by atoms with Gasteiger partial charge in [-0.2, -0.15) is 0 Å². The minimum Gasteiger partial charge on any atom is -0.493 e. The molecular formula is C19H38N2O. The van der Waals surface area contributed by atoms with E-state index in [9.17, 15) is 0 Å². The maximum absolute atomic E-state index is 6.05. The first-order chi connectivity index (χ1) is 10.5. The van der Waals surface area contributed by atoms with E-state index in [1.165, 1.54) is 19.3 Å². The van der Waals surface area contributed by atoms with E-state index in [0.717, 1.165) is 50.6 Å². The number of ether oxygens (including phenoxy) is 1. The van der Waals surface area contributed by atoms with Crippen LogP contribution >= 0.6 is 0 Å². The molecule has 1 N–H and O–H groups in total. The number of allylic oxidation sites excluding steroid dienone is 1. The predicted octanol–water partition coefficient (Wildman–Crippen LogP) is 4.75. The molecule has 0 aromatic heterocycles. The molecule has 0 spiro atoms. The van der Waals surface area contributed by atoms with Gasteiger partial charge in [-0.05, 0) is 38.0 Å². The minimum atomic E-state index is 0.207. The molecule has 1 aliphatic rings. The molecule has 0 aromatic rings. The number of hydrogen-bond donors (Lipinski definition) is 1. The van der Waals surface area contributed by atoms with Crippen molar-refractivity contribution < 1.29 is 4.74 Å². The summed E-state index contributed by atoms with van der Waals surface area (Å²) in [6, 6.07) is 0. The molecule has 3 heteroatoms. The second-order valence-corrected chi connectivity index (χ2v) is 7.01. The van der Waals surface area contributed by atoms with Crippen molar-refractivity contribution in [1.82, 2.24) is 10.4 Å². The van der Waals surface area contributed by atoms with Crippen LogP contribution in [0, 0.1) is 11.3 Å². The van der Waals surface area contributed by atoms with Gasteiger partial charge in [0.05, 0.1) is 5.76 Å². The van der Waals surface area contributed by atoms with Crippen molar-refractivity contribution in [3.63, 3.8) is 0 Å². The lowest BCUT2D eigenvalue weighted by Crippen LogP contribution is -2.43. The van der Waals surface area contributed by atoms with Crippen molar-refractivity contribution in [3.8, 4) is 0 Å². The fraction of sp³-hybridized carbons (Fsp3) is 0.895. The Bertz CT molecular complexity index is 325. The Balaban J connectivity index is 2.43. The van der Waals surface area contributed by atoms with Gasteiger partial charge in [0.25, 0.3) is 0 Å². The molecule has 2 atom stereocenters. The maximum Gasteiger partial charge on any atom is 0.113 e. The molecule has 0 bridgehead atoms. The van der Waals surface area contributed by atoms with E-state index in [0.29, 0.717) is 0 Å². The van der Waals surface area contributed by atoms with Crippen LogP contribution in [0.15, 0.2) is 12.3 Å². The Morgan fingerprint density at radius 2 is 1.95 bits per heavy atom. The number of nitrogens with one attached hydrogen (secondary N) is 1. The fourth-order valence-electron chi connectivity index (χ4n) is 3.32. The smallest absolute Gasteiger partial charge is 0.113 e. The summed E-state index contributed by atoms with van der Waals surface area (Å²) < 4.78 is 6.05. The van der Waals surface area contributed by atoms with E-state index >= 15 is 0 Å². The predicted molar refractivity (Wildman–Crippen MR) is 95.6 cm³/mol. The topological polar surface area (TPSA) is 24.5 Å². The van der Waals surface area contributed by atoms with Crippen molar-refractivity contribution in [1.29, 1.82) is 0 Å². The van der Waals surface area contributed by atoms with Crippen LogP contribution in [0.5, 0.6) is 0 Å². The monoisotopic (exact) mass is 310 g/mol. The van der Waals surface area contributed by atoms with Crippen LogP contribution in [0.2, 0.25) is 0 Å². The standard InChI is InChI=1S/C19H38N2O/c1-7-12-21(13-11-16(5)8-2)20-15-18-14-19(9-3,10-4)17(6)22-18/h16,18,20H,6-15H2,1-5H3/t16-,18+/m0/s1. The van der Waals surface area contributed by atoms with E-state index in [4.69, 9.17) is 4.74 Å². The molecule has 1 rings (SSSR count). The van der Waals surface area contributed by atoms with Gasteiger partial charge in [-0.15, -0.1) is 0 Å². The van der Waals surface area contributed by atoms with Gasteiger partial charge < -0.3 is 4.74 Å². The summed E-state index contributed by atoms with van der Waals surface area (Å²) in [6.45, 7) is 18.7. The molecule has 3 nitrogen and oxygen atoms in total. The molecule has 0 unspecified atom stereocenters. The number of nitrogens with zero attached hydrogens (tertiary/aromatic N) is 1. The van der Waals surface area contributed by atoms with Gasteiger partial charge in [0.1, 0.15) is 6.10 Å². The van der Waals surface area contributed by atoms with Crippen molar-refractivity contribution in [3.05, 3.63) is 12.3 Å². The molecule has 130 valence electrons. The molecule has 1 heterocycles. The molecule has 0 radical (unpaired) electrons. The van der Waals surface area contributed by atoms with Crippen molar-refractivity contribution in [2.75, 3.05) is 19.6 Å². The van der Waals surface area contributed by atoms with Gasteiger partial charge in [0, 0.05) is 25.0 Å². The second kappa shape index (κ2) is 9.57. The van der Waals surface area contributed by atoms with Crippen molar-refractivity contribution in [2.45, 2.75) is 79.2 Å². The Kier molecular flexibility index (Phi) is 8.48. The van der Waals surface area contributed by atoms with Crippen LogP contribution in [0.4, 0.5) is 0 Å². The van der Waals surface area contributed by atoms with Crippen LogP contribution in [0.3, 0.4) is 0 Å². The quantitative estimate of drug-likeness (QED) is 0.557. The molecule has 1 saturated heterocycles. The van der Waals surface area contributed by atoms with Crippen molar-refractivity contribution in [2.24, 2.45) is 11.3 Å².